The van der Waals surface area contributed by atoms with Crippen LogP contribution in [-0.2, 0) is 24.1 Å². The van der Waals surface area contributed by atoms with Crippen LogP contribution in [-0.4, -0.2) is 17.4 Å². The molecule has 3 aromatic carbocycles. The van der Waals surface area contributed by atoms with Crippen molar-refractivity contribution in [3.05, 3.63) is 99.8 Å². The van der Waals surface area contributed by atoms with Crippen LogP contribution in [0.15, 0.2) is 66.7 Å². The molecule has 0 fully saturated rings. The van der Waals surface area contributed by atoms with Crippen molar-refractivity contribution >= 4 is 23.2 Å². The number of benzene rings is 3. The van der Waals surface area contributed by atoms with E-state index >= 15 is 0 Å². The first-order valence-corrected chi connectivity index (χ1v) is 10.1. The van der Waals surface area contributed by atoms with Gasteiger partial charge in [-0.05, 0) is 47.5 Å². The summed E-state index contributed by atoms with van der Waals surface area (Å²) >= 11 is 5.93. The molecule has 0 aliphatic heterocycles. The average molecular weight is 476 g/mol. The molecule has 0 saturated heterocycles. The van der Waals surface area contributed by atoms with Gasteiger partial charge in [-0.25, -0.2) is 4.39 Å². The number of rotatable bonds is 7. The summed E-state index contributed by atoms with van der Waals surface area (Å²) in [7, 11) is 0. The van der Waals surface area contributed by atoms with Crippen LogP contribution in [0, 0.1) is 17.1 Å². The smallest absolute Gasteiger partial charge is 0.323 e. The highest BCUT2D eigenvalue weighted by Crippen LogP contribution is 2.38. The molecule has 9 heteroatoms. The summed E-state index contributed by atoms with van der Waals surface area (Å²) in [6, 6.07) is 17.7. The molecule has 1 amide bonds. The lowest BCUT2D eigenvalue weighted by atomic mass is 10.1. The maximum Gasteiger partial charge on any atom is 0.418 e. The number of hydrogen-bond acceptors (Lipinski definition) is 3. The number of nitrogens with zero attached hydrogens (tertiary/aromatic N) is 2. The van der Waals surface area contributed by atoms with Gasteiger partial charge in [0.25, 0.3) is 0 Å². The molecule has 0 heterocycles. The maximum absolute atomic E-state index is 13.6. The Morgan fingerprint density at radius 3 is 2.30 bits per heavy atom. The van der Waals surface area contributed by atoms with Crippen LogP contribution in [0.2, 0.25) is 5.02 Å². The zero-order valence-corrected chi connectivity index (χ0v) is 17.9. The molecule has 3 aromatic rings. The fourth-order valence-corrected chi connectivity index (χ4v) is 3.50. The Bertz CT molecular complexity index is 1170. The van der Waals surface area contributed by atoms with E-state index in [1.54, 1.807) is 35.2 Å². The first kappa shape index (κ1) is 24.2. The second-order valence-corrected chi connectivity index (χ2v) is 7.70. The molecular weight excluding hydrogens is 458 g/mol. The summed E-state index contributed by atoms with van der Waals surface area (Å²) in [4.78, 5) is 14.4. The summed E-state index contributed by atoms with van der Waals surface area (Å²) in [5, 5.41) is 11.0. The minimum atomic E-state index is -4.70. The topological polar surface area (TPSA) is 56.1 Å². The standard InChI is InChI=1S/C24H18ClF4N3O/c25-21-6-2-5-20(24(27,28)29)23(21)31-22(33)15-32(14-18-3-1-4-19(26)11-18)13-17-9-7-16(12-30)8-10-17/h1-11H,13-15H2,(H,31,33). The summed E-state index contributed by atoms with van der Waals surface area (Å²) in [5.74, 6) is -1.15. The van der Waals surface area contributed by atoms with Gasteiger partial charge in [-0.15, -0.1) is 0 Å². The van der Waals surface area contributed by atoms with Crippen molar-refractivity contribution in [1.82, 2.24) is 4.90 Å². The van der Waals surface area contributed by atoms with Crippen molar-refractivity contribution in [2.24, 2.45) is 0 Å². The van der Waals surface area contributed by atoms with Gasteiger partial charge >= 0.3 is 6.18 Å². The number of carbonyl (C=O) groups excluding carboxylic acids is 1. The summed E-state index contributed by atoms with van der Waals surface area (Å²) in [5.41, 5.74) is 0.261. The molecule has 0 atom stereocenters. The second-order valence-electron chi connectivity index (χ2n) is 7.29. The van der Waals surface area contributed by atoms with Crippen molar-refractivity contribution in [3.8, 4) is 6.07 Å². The molecule has 3 rings (SSSR count). The molecule has 0 radical (unpaired) electrons. The number of anilines is 1. The number of nitriles is 1. The number of carbonyl (C=O) groups is 1. The molecule has 33 heavy (non-hydrogen) atoms. The quantitative estimate of drug-likeness (QED) is 0.426. The number of amides is 1. The van der Waals surface area contributed by atoms with Crippen LogP contribution in [0.3, 0.4) is 0 Å². The Balaban J connectivity index is 1.82. The number of hydrogen-bond donors (Lipinski definition) is 1. The minimum absolute atomic E-state index is 0.166. The molecule has 0 saturated carbocycles. The number of nitrogens with one attached hydrogen (secondary N) is 1. The van der Waals surface area contributed by atoms with Crippen LogP contribution >= 0.6 is 11.6 Å². The highest BCUT2D eigenvalue weighted by molar-refractivity contribution is 6.34. The Morgan fingerprint density at radius 2 is 1.67 bits per heavy atom. The van der Waals surface area contributed by atoms with Crippen molar-refractivity contribution in [2.75, 3.05) is 11.9 Å². The van der Waals surface area contributed by atoms with Gasteiger partial charge in [0, 0.05) is 13.1 Å². The van der Waals surface area contributed by atoms with Gasteiger partial charge in [0.05, 0.1) is 34.5 Å². The Labute approximate surface area is 193 Å². The lowest BCUT2D eigenvalue weighted by Gasteiger charge is -2.23. The molecular formula is C24H18ClF4N3O. The third-order valence-electron chi connectivity index (χ3n) is 4.74. The van der Waals surface area contributed by atoms with E-state index in [-0.39, 0.29) is 24.7 Å². The van der Waals surface area contributed by atoms with E-state index in [9.17, 15) is 22.4 Å². The molecule has 170 valence electrons. The largest absolute Gasteiger partial charge is 0.418 e. The number of alkyl halides is 3. The first-order chi connectivity index (χ1) is 15.7. The first-order valence-electron chi connectivity index (χ1n) is 9.77. The zero-order chi connectivity index (χ0) is 24.0. The molecule has 0 aliphatic rings. The highest BCUT2D eigenvalue weighted by Gasteiger charge is 2.34. The average Bonchev–Trinajstić information content (AvgIpc) is 2.75. The van der Waals surface area contributed by atoms with E-state index in [1.165, 1.54) is 24.3 Å². The Morgan fingerprint density at radius 1 is 1.00 bits per heavy atom. The van der Waals surface area contributed by atoms with Gasteiger partial charge in [0.2, 0.25) is 5.91 Å². The van der Waals surface area contributed by atoms with Crippen LogP contribution in [0.4, 0.5) is 23.2 Å². The van der Waals surface area contributed by atoms with Gasteiger partial charge in [-0.3, -0.25) is 9.69 Å². The maximum atomic E-state index is 13.6. The van der Waals surface area contributed by atoms with Gasteiger partial charge in [-0.1, -0.05) is 41.9 Å². The van der Waals surface area contributed by atoms with Gasteiger partial charge in [-0.2, -0.15) is 18.4 Å². The van der Waals surface area contributed by atoms with Gasteiger partial charge in [0.15, 0.2) is 0 Å². The zero-order valence-electron chi connectivity index (χ0n) is 17.2. The van der Waals surface area contributed by atoms with E-state index in [0.29, 0.717) is 11.1 Å². The molecule has 4 nitrogen and oxygen atoms in total. The third kappa shape index (κ3) is 6.78. The predicted octanol–water partition coefficient (Wildman–Crippen LogP) is 6.01. The molecule has 0 bridgehead atoms. The van der Waals surface area contributed by atoms with Gasteiger partial charge < -0.3 is 5.32 Å². The lowest BCUT2D eigenvalue weighted by molar-refractivity contribution is -0.137. The van der Waals surface area contributed by atoms with Gasteiger partial charge in [0.1, 0.15) is 5.82 Å². The fraction of sp³-hybridized carbons (Fsp3) is 0.167. The highest BCUT2D eigenvalue weighted by atomic mass is 35.5. The normalized spacial score (nSPS) is 11.3. The molecule has 0 aromatic heterocycles. The van der Waals surface area contributed by atoms with Crippen molar-refractivity contribution in [3.63, 3.8) is 0 Å². The van der Waals surface area contributed by atoms with Crippen LogP contribution in [0.25, 0.3) is 0 Å². The number of halogens is 5. The van der Waals surface area contributed by atoms with Crippen LogP contribution < -0.4 is 5.32 Å². The fourth-order valence-electron chi connectivity index (χ4n) is 3.27. The van der Waals surface area contributed by atoms with E-state index in [0.717, 1.165) is 17.7 Å². The Hall–Kier alpha value is -3.41. The second kappa shape index (κ2) is 10.5. The predicted molar refractivity (Wildman–Crippen MR) is 117 cm³/mol. The lowest BCUT2D eigenvalue weighted by Crippen LogP contribution is -2.33. The summed E-state index contributed by atoms with van der Waals surface area (Å²) in [6.45, 7) is 0.128. The van der Waals surface area contributed by atoms with E-state index < -0.39 is 29.2 Å². The van der Waals surface area contributed by atoms with E-state index in [1.807, 2.05) is 6.07 Å². The SMILES string of the molecule is N#Cc1ccc(CN(CC(=O)Nc2c(Cl)cccc2C(F)(F)F)Cc2cccc(F)c2)cc1. The summed E-state index contributed by atoms with van der Waals surface area (Å²) in [6.07, 6.45) is -4.70. The van der Waals surface area contributed by atoms with Crippen LogP contribution in [0.5, 0.6) is 0 Å². The number of para-hydroxylation sites is 1. The van der Waals surface area contributed by atoms with Crippen molar-refractivity contribution < 1.29 is 22.4 Å². The summed E-state index contributed by atoms with van der Waals surface area (Å²) < 4.78 is 53.6. The van der Waals surface area contributed by atoms with Crippen molar-refractivity contribution in [1.29, 1.82) is 5.26 Å². The van der Waals surface area contributed by atoms with E-state index in [4.69, 9.17) is 16.9 Å². The van der Waals surface area contributed by atoms with E-state index in [2.05, 4.69) is 5.32 Å². The van der Waals surface area contributed by atoms with Crippen LogP contribution in [0.1, 0.15) is 22.3 Å². The molecule has 0 spiro atoms. The third-order valence-corrected chi connectivity index (χ3v) is 5.05. The monoisotopic (exact) mass is 475 g/mol. The Kier molecular flexibility index (Phi) is 7.69. The molecule has 0 unspecified atom stereocenters. The molecule has 1 N–H and O–H groups in total. The van der Waals surface area contributed by atoms with Crippen molar-refractivity contribution in [2.45, 2.75) is 19.3 Å². The minimum Gasteiger partial charge on any atom is -0.323 e. The molecule has 0 aliphatic carbocycles.